The Morgan fingerprint density at radius 2 is 1.55 bits per heavy atom. The summed E-state index contributed by atoms with van der Waals surface area (Å²) in [5, 5.41) is 13.4. The summed E-state index contributed by atoms with van der Waals surface area (Å²) in [4.78, 5) is 22.3. The van der Waals surface area contributed by atoms with Gasteiger partial charge in [-0.1, -0.05) is 30.3 Å². The monoisotopic (exact) mass is 272 g/mol. The number of rotatable bonds is 3. The molecule has 0 unspecified atom stereocenters. The number of para-hydroxylation sites is 3. The first-order valence-corrected chi connectivity index (χ1v) is 5.78. The maximum atomic E-state index is 11.7. The fourth-order valence-corrected chi connectivity index (χ4v) is 1.54. The third-order valence-electron chi connectivity index (χ3n) is 2.35. The second-order valence-corrected chi connectivity index (χ2v) is 3.81. The molecule has 6 nitrogen and oxygen atoms in total. The van der Waals surface area contributed by atoms with Crippen molar-refractivity contribution < 1.29 is 19.4 Å². The predicted octanol–water partition coefficient (Wildman–Crippen LogP) is 3.39. The highest BCUT2D eigenvalue weighted by Gasteiger charge is 2.10. The molecule has 0 aliphatic heterocycles. The summed E-state index contributed by atoms with van der Waals surface area (Å²) in [5.74, 6) is 0.128. The molecule has 3 N–H and O–H groups in total. The van der Waals surface area contributed by atoms with E-state index in [2.05, 4.69) is 10.6 Å². The van der Waals surface area contributed by atoms with E-state index >= 15 is 0 Å². The van der Waals surface area contributed by atoms with Gasteiger partial charge in [-0.2, -0.15) is 0 Å². The maximum absolute atomic E-state index is 11.7. The van der Waals surface area contributed by atoms with Crippen molar-refractivity contribution in [3.63, 3.8) is 0 Å². The Morgan fingerprint density at radius 1 is 0.900 bits per heavy atom. The highest BCUT2D eigenvalue weighted by molar-refractivity contribution is 5.89. The zero-order chi connectivity index (χ0) is 14.4. The third kappa shape index (κ3) is 3.74. The van der Waals surface area contributed by atoms with Crippen LogP contribution in [0.1, 0.15) is 0 Å². The average molecular weight is 272 g/mol. The van der Waals surface area contributed by atoms with E-state index < -0.39 is 12.2 Å². The van der Waals surface area contributed by atoms with E-state index in [0.29, 0.717) is 5.69 Å². The van der Waals surface area contributed by atoms with Crippen LogP contribution in [-0.4, -0.2) is 17.3 Å². The van der Waals surface area contributed by atoms with Crippen LogP contribution in [0.3, 0.4) is 0 Å². The van der Waals surface area contributed by atoms with Crippen LogP contribution in [0.2, 0.25) is 0 Å². The Kier molecular flexibility index (Phi) is 4.18. The number of anilines is 2. The van der Waals surface area contributed by atoms with Gasteiger partial charge in [0, 0.05) is 5.69 Å². The number of ether oxygens (including phenoxy) is 1. The van der Waals surface area contributed by atoms with E-state index in [1.165, 1.54) is 12.1 Å². The summed E-state index contributed by atoms with van der Waals surface area (Å²) in [5.41, 5.74) is 0.782. The second-order valence-electron chi connectivity index (χ2n) is 3.81. The number of hydrogen-bond acceptors (Lipinski definition) is 3. The zero-order valence-corrected chi connectivity index (χ0v) is 10.4. The van der Waals surface area contributed by atoms with Crippen LogP contribution in [0.25, 0.3) is 0 Å². The molecule has 0 spiro atoms. The first-order valence-electron chi connectivity index (χ1n) is 5.78. The van der Waals surface area contributed by atoms with Crippen molar-refractivity contribution >= 4 is 23.6 Å². The molecule has 0 saturated heterocycles. The Bertz CT molecular complexity index is 614. The van der Waals surface area contributed by atoms with Crippen molar-refractivity contribution in [2.45, 2.75) is 0 Å². The zero-order valence-electron chi connectivity index (χ0n) is 10.4. The fraction of sp³-hybridized carbons (Fsp3) is 0. The van der Waals surface area contributed by atoms with Crippen LogP contribution < -0.4 is 15.4 Å². The van der Waals surface area contributed by atoms with Crippen LogP contribution >= 0.6 is 0 Å². The average Bonchev–Trinajstić information content (AvgIpc) is 2.41. The van der Waals surface area contributed by atoms with Crippen LogP contribution in [0.5, 0.6) is 5.75 Å². The van der Waals surface area contributed by atoms with Gasteiger partial charge in [-0.15, -0.1) is 0 Å². The highest BCUT2D eigenvalue weighted by Crippen LogP contribution is 2.24. The topological polar surface area (TPSA) is 87.7 Å². The van der Waals surface area contributed by atoms with Crippen molar-refractivity contribution in [1.29, 1.82) is 0 Å². The summed E-state index contributed by atoms with van der Waals surface area (Å²) in [6.45, 7) is 0. The van der Waals surface area contributed by atoms with Crippen molar-refractivity contribution in [2.75, 3.05) is 10.6 Å². The van der Waals surface area contributed by atoms with E-state index in [0.717, 1.165) is 0 Å². The molecule has 2 amide bonds. The molecular formula is C14H12N2O4. The number of amides is 2. The van der Waals surface area contributed by atoms with Gasteiger partial charge < -0.3 is 9.84 Å². The molecule has 0 heterocycles. The molecule has 0 aliphatic rings. The third-order valence-corrected chi connectivity index (χ3v) is 2.35. The van der Waals surface area contributed by atoms with Gasteiger partial charge in [-0.25, -0.2) is 9.59 Å². The van der Waals surface area contributed by atoms with E-state index in [1.54, 1.807) is 36.4 Å². The lowest BCUT2D eigenvalue weighted by Crippen LogP contribution is -2.18. The van der Waals surface area contributed by atoms with E-state index in [4.69, 9.17) is 9.84 Å². The van der Waals surface area contributed by atoms with Crippen LogP contribution in [0, 0.1) is 0 Å². The molecule has 2 rings (SSSR count). The molecule has 6 heteroatoms. The fourth-order valence-electron chi connectivity index (χ4n) is 1.54. The Balaban J connectivity index is 2.06. The summed E-state index contributed by atoms with van der Waals surface area (Å²) in [6.07, 6.45) is -1.93. The molecule has 0 fully saturated rings. The Labute approximate surface area is 115 Å². The molecule has 0 radical (unpaired) electrons. The lowest BCUT2D eigenvalue weighted by molar-refractivity contribution is 0.208. The summed E-state index contributed by atoms with van der Waals surface area (Å²) < 4.78 is 5.07. The quantitative estimate of drug-likeness (QED) is 0.799. The maximum Gasteiger partial charge on any atom is 0.417 e. The van der Waals surface area contributed by atoms with Crippen LogP contribution in [0.15, 0.2) is 54.6 Å². The molecule has 2 aromatic rings. The molecule has 0 saturated carbocycles. The largest absolute Gasteiger partial charge is 0.465 e. The van der Waals surface area contributed by atoms with Gasteiger partial charge in [-0.3, -0.25) is 10.6 Å². The molecule has 0 bridgehead atoms. The van der Waals surface area contributed by atoms with Crippen molar-refractivity contribution in [2.24, 2.45) is 0 Å². The molecule has 20 heavy (non-hydrogen) atoms. The normalized spacial score (nSPS) is 9.60. The number of benzene rings is 2. The van der Waals surface area contributed by atoms with Crippen molar-refractivity contribution in [3.05, 3.63) is 54.6 Å². The molecule has 0 atom stereocenters. The van der Waals surface area contributed by atoms with Gasteiger partial charge in [0.25, 0.3) is 0 Å². The summed E-state index contributed by atoms with van der Waals surface area (Å²) in [6, 6.07) is 15.1. The summed E-state index contributed by atoms with van der Waals surface area (Å²) >= 11 is 0. The highest BCUT2D eigenvalue weighted by atomic mass is 16.6. The second kappa shape index (κ2) is 6.24. The van der Waals surface area contributed by atoms with Crippen LogP contribution in [-0.2, 0) is 0 Å². The van der Waals surface area contributed by atoms with E-state index in [1.807, 2.05) is 6.07 Å². The number of carbonyl (C=O) groups excluding carboxylic acids is 1. The van der Waals surface area contributed by atoms with Crippen molar-refractivity contribution in [1.82, 2.24) is 0 Å². The molecule has 2 aromatic carbocycles. The minimum atomic E-state index is -1.23. The number of carbonyl (C=O) groups is 2. The number of hydrogen-bond donors (Lipinski definition) is 3. The van der Waals surface area contributed by atoms with Gasteiger partial charge in [0.05, 0.1) is 5.69 Å². The first kappa shape index (κ1) is 13.4. The van der Waals surface area contributed by atoms with Crippen LogP contribution in [0.4, 0.5) is 21.0 Å². The minimum absolute atomic E-state index is 0.128. The molecule has 0 aliphatic carbocycles. The van der Waals surface area contributed by atoms with Gasteiger partial charge in [0.15, 0.2) is 5.75 Å². The SMILES string of the molecule is O=C(O)Nc1ccccc1OC(=O)Nc1ccccc1. The predicted molar refractivity (Wildman–Crippen MR) is 74.2 cm³/mol. The molecule has 0 aromatic heterocycles. The van der Waals surface area contributed by atoms with E-state index in [9.17, 15) is 9.59 Å². The number of nitrogens with one attached hydrogen (secondary N) is 2. The minimum Gasteiger partial charge on any atom is -0.465 e. The molecule has 102 valence electrons. The van der Waals surface area contributed by atoms with Crippen molar-refractivity contribution in [3.8, 4) is 5.75 Å². The molecular weight excluding hydrogens is 260 g/mol. The van der Waals surface area contributed by atoms with Gasteiger partial charge in [0.1, 0.15) is 0 Å². The smallest absolute Gasteiger partial charge is 0.417 e. The Morgan fingerprint density at radius 3 is 2.25 bits per heavy atom. The standard InChI is InChI=1S/C14H12N2O4/c17-13(18)16-11-8-4-5-9-12(11)20-14(19)15-10-6-2-1-3-7-10/h1-9,16H,(H,15,19)(H,17,18). The van der Waals surface area contributed by atoms with Gasteiger partial charge >= 0.3 is 12.2 Å². The van der Waals surface area contributed by atoms with E-state index in [-0.39, 0.29) is 11.4 Å². The Hall–Kier alpha value is -3.02. The van der Waals surface area contributed by atoms with Gasteiger partial charge in [-0.05, 0) is 24.3 Å². The van der Waals surface area contributed by atoms with Gasteiger partial charge in [0.2, 0.25) is 0 Å². The number of carboxylic acid groups (broad SMARTS) is 1. The summed E-state index contributed by atoms with van der Waals surface area (Å²) in [7, 11) is 0. The lowest BCUT2D eigenvalue weighted by atomic mass is 10.3. The first-order chi connectivity index (χ1) is 9.65. The lowest BCUT2D eigenvalue weighted by Gasteiger charge is -2.10.